The highest BCUT2D eigenvalue weighted by Crippen LogP contribution is 2.17. The number of aromatic nitrogens is 1. The van der Waals surface area contributed by atoms with Crippen LogP contribution in [0.1, 0.15) is 20.3 Å². The Balaban J connectivity index is 2.76. The molecular formula is C8H12N2OS. The molecule has 0 aromatic carbocycles. The van der Waals surface area contributed by atoms with E-state index >= 15 is 0 Å². The van der Waals surface area contributed by atoms with Gasteiger partial charge in [-0.2, -0.15) is 0 Å². The Labute approximate surface area is 76.0 Å². The monoisotopic (exact) mass is 184 g/mol. The minimum atomic E-state index is 0.132. The van der Waals surface area contributed by atoms with Gasteiger partial charge in [0.05, 0.1) is 0 Å². The number of rotatable bonds is 3. The molecular weight excluding hydrogens is 172 g/mol. The van der Waals surface area contributed by atoms with Crippen LogP contribution in [0.15, 0.2) is 11.6 Å². The van der Waals surface area contributed by atoms with Crippen LogP contribution in [0.5, 0.6) is 0 Å². The highest BCUT2D eigenvalue weighted by Gasteiger charge is 2.12. The number of nitrogens with zero attached hydrogens (tertiary/aromatic N) is 2. The predicted octanol–water partition coefficient (Wildman–Crippen LogP) is 1.91. The lowest BCUT2D eigenvalue weighted by molar-refractivity contribution is -0.118. The van der Waals surface area contributed by atoms with Crippen molar-refractivity contribution in [3.8, 4) is 0 Å². The first kappa shape index (κ1) is 9.19. The summed E-state index contributed by atoms with van der Waals surface area (Å²) in [5.41, 5.74) is 0. The second-order valence-corrected chi connectivity index (χ2v) is 3.18. The zero-order chi connectivity index (χ0) is 8.97. The van der Waals surface area contributed by atoms with E-state index < -0.39 is 0 Å². The van der Waals surface area contributed by atoms with Gasteiger partial charge in [-0.25, -0.2) is 4.98 Å². The topological polar surface area (TPSA) is 33.2 Å². The molecule has 1 aromatic rings. The second kappa shape index (κ2) is 4.21. The first-order valence-electron chi connectivity index (χ1n) is 3.99. The third-order valence-corrected chi connectivity index (χ3v) is 2.36. The molecule has 0 bridgehead atoms. The number of anilines is 1. The molecule has 1 amide bonds. The fraction of sp³-hybridized carbons (Fsp3) is 0.500. The van der Waals surface area contributed by atoms with Gasteiger partial charge in [0.1, 0.15) is 0 Å². The van der Waals surface area contributed by atoms with E-state index in [1.807, 2.05) is 19.2 Å². The van der Waals surface area contributed by atoms with Crippen molar-refractivity contribution in [2.45, 2.75) is 20.3 Å². The van der Waals surface area contributed by atoms with Gasteiger partial charge in [-0.05, 0) is 6.92 Å². The highest BCUT2D eigenvalue weighted by atomic mass is 32.1. The molecule has 0 aliphatic heterocycles. The van der Waals surface area contributed by atoms with Gasteiger partial charge in [0.25, 0.3) is 0 Å². The van der Waals surface area contributed by atoms with E-state index in [0.717, 1.165) is 5.13 Å². The molecule has 0 aliphatic carbocycles. The van der Waals surface area contributed by atoms with Crippen molar-refractivity contribution in [3.05, 3.63) is 11.6 Å². The van der Waals surface area contributed by atoms with Gasteiger partial charge in [0.15, 0.2) is 5.13 Å². The van der Waals surface area contributed by atoms with Crippen molar-refractivity contribution in [3.63, 3.8) is 0 Å². The van der Waals surface area contributed by atoms with Gasteiger partial charge < -0.3 is 0 Å². The third-order valence-electron chi connectivity index (χ3n) is 1.57. The van der Waals surface area contributed by atoms with Crippen molar-refractivity contribution in [2.75, 3.05) is 11.4 Å². The average molecular weight is 184 g/mol. The summed E-state index contributed by atoms with van der Waals surface area (Å²) < 4.78 is 0. The smallest absolute Gasteiger partial charge is 0.228 e. The lowest BCUT2D eigenvalue weighted by Gasteiger charge is -2.15. The van der Waals surface area contributed by atoms with Crippen molar-refractivity contribution in [1.29, 1.82) is 0 Å². The van der Waals surface area contributed by atoms with Gasteiger partial charge in [-0.3, -0.25) is 9.69 Å². The zero-order valence-electron chi connectivity index (χ0n) is 7.28. The highest BCUT2D eigenvalue weighted by molar-refractivity contribution is 7.13. The number of carbonyl (C=O) groups excluding carboxylic acids is 1. The summed E-state index contributed by atoms with van der Waals surface area (Å²) in [5.74, 6) is 0.132. The molecule has 0 spiro atoms. The Bertz CT molecular complexity index is 246. The molecule has 0 N–H and O–H groups in total. The molecule has 0 aliphatic rings. The summed E-state index contributed by atoms with van der Waals surface area (Å²) in [6.07, 6.45) is 2.25. The van der Waals surface area contributed by atoms with E-state index in [4.69, 9.17) is 0 Å². The minimum absolute atomic E-state index is 0.132. The van der Waals surface area contributed by atoms with E-state index in [2.05, 4.69) is 4.98 Å². The van der Waals surface area contributed by atoms with E-state index in [-0.39, 0.29) is 5.91 Å². The Kier molecular flexibility index (Phi) is 3.22. The summed E-state index contributed by atoms with van der Waals surface area (Å²) in [6, 6.07) is 0. The molecule has 66 valence electrons. The van der Waals surface area contributed by atoms with Crippen LogP contribution in [-0.2, 0) is 4.79 Å². The number of amides is 1. The normalized spacial score (nSPS) is 9.83. The summed E-state index contributed by atoms with van der Waals surface area (Å²) in [5, 5.41) is 2.67. The van der Waals surface area contributed by atoms with Crippen molar-refractivity contribution < 1.29 is 4.79 Å². The van der Waals surface area contributed by atoms with E-state index in [9.17, 15) is 4.79 Å². The van der Waals surface area contributed by atoms with Crippen molar-refractivity contribution in [1.82, 2.24) is 4.98 Å². The van der Waals surface area contributed by atoms with Crippen molar-refractivity contribution in [2.24, 2.45) is 0 Å². The Morgan fingerprint density at radius 1 is 1.67 bits per heavy atom. The van der Waals surface area contributed by atoms with Crippen LogP contribution in [0.4, 0.5) is 5.13 Å². The van der Waals surface area contributed by atoms with Gasteiger partial charge in [0.2, 0.25) is 5.91 Å². The number of thiazole rings is 1. The first-order valence-corrected chi connectivity index (χ1v) is 4.87. The molecule has 0 atom stereocenters. The Morgan fingerprint density at radius 2 is 2.42 bits per heavy atom. The molecule has 0 unspecified atom stereocenters. The number of hydrogen-bond acceptors (Lipinski definition) is 3. The van der Waals surface area contributed by atoms with Crippen LogP contribution in [0, 0.1) is 0 Å². The quantitative estimate of drug-likeness (QED) is 0.719. The van der Waals surface area contributed by atoms with E-state index in [1.165, 1.54) is 11.3 Å². The molecule has 1 aromatic heterocycles. The molecule has 1 rings (SSSR count). The number of carbonyl (C=O) groups is 1. The van der Waals surface area contributed by atoms with Crippen LogP contribution in [-0.4, -0.2) is 17.4 Å². The average Bonchev–Trinajstić information content (AvgIpc) is 2.58. The second-order valence-electron chi connectivity index (χ2n) is 2.31. The van der Waals surface area contributed by atoms with Crippen molar-refractivity contribution >= 4 is 22.4 Å². The lowest BCUT2D eigenvalue weighted by atomic mass is 10.4. The molecule has 0 fully saturated rings. The van der Waals surface area contributed by atoms with E-state index in [1.54, 1.807) is 11.1 Å². The molecule has 4 heteroatoms. The van der Waals surface area contributed by atoms with Gasteiger partial charge in [0, 0.05) is 24.5 Å². The van der Waals surface area contributed by atoms with Gasteiger partial charge >= 0.3 is 0 Å². The molecule has 0 radical (unpaired) electrons. The molecule has 0 saturated heterocycles. The maximum Gasteiger partial charge on any atom is 0.228 e. The Morgan fingerprint density at radius 3 is 2.83 bits per heavy atom. The van der Waals surface area contributed by atoms with Crippen LogP contribution >= 0.6 is 11.3 Å². The summed E-state index contributed by atoms with van der Waals surface area (Å²) in [7, 11) is 0. The largest absolute Gasteiger partial charge is 0.288 e. The summed E-state index contributed by atoms with van der Waals surface area (Å²) in [6.45, 7) is 4.51. The number of hydrogen-bond donors (Lipinski definition) is 0. The minimum Gasteiger partial charge on any atom is -0.288 e. The standard InChI is InChI=1S/C8H12N2OS/c1-3-7(11)10(4-2)8-9-5-6-12-8/h5-6H,3-4H2,1-2H3. The zero-order valence-corrected chi connectivity index (χ0v) is 8.10. The summed E-state index contributed by atoms with van der Waals surface area (Å²) in [4.78, 5) is 17.1. The molecule has 1 heterocycles. The van der Waals surface area contributed by atoms with Gasteiger partial charge in [-0.15, -0.1) is 11.3 Å². The van der Waals surface area contributed by atoms with Crippen LogP contribution in [0.3, 0.4) is 0 Å². The fourth-order valence-corrected chi connectivity index (χ4v) is 1.68. The predicted molar refractivity (Wildman–Crippen MR) is 50.4 cm³/mol. The van der Waals surface area contributed by atoms with Crippen LogP contribution in [0.2, 0.25) is 0 Å². The first-order chi connectivity index (χ1) is 5.79. The van der Waals surface area contributed by atoms with Crippen LogP contribution < -0.4 is 4.90 Å². The molecule has 3 nitrogen and oxygen atoms in total. The maximum atomic E-state index is 11.3. The maximum absolute atomic E-state index is 11.3. The molecule has 0 saturated carbocycles. The molecule has 12 heavy (non-hydrogen) atoms. The third kappa shape index (κ3) is 1.82. The fourth-order valence-electron chi connectivity index (χ4n) is 0.958. The Hall–Kier alpha value is -0.900. The van der Waals surface area contributed by atoms with Gasteiger partial charge in [-0.1, -0.05) is 6.92 Å². The lowest BCUT2D eigenvalue weighted by Crippen LogP contribution is -2.29. The SMILES string of the molecule is CCC(=O)N(CC)c1nccs1. The van der Waals surface area contributed by atoms with Crippen LogP contribution in [0.25, 0.3) is 0 Å². The van der Waals surface area contributed by atoms with E-state index in [0.29, 0.717) is 13.0 Å². The summed E-state index contributed by atoms with van der Waals surface area (Å²) >= 11 is 1.49.